The van der Waals surface area contributed by atoms with Crippen LogP contribution in [0.2, 0.25) is 0 Å². The lowest BCUT2D eigenvalue weighted by Gasteiger charge is -2.47. The van der Waals surface area contributed by atoms with Crippen LogP contribution < -0.4 is 0 Å². The first kappa shape index (κ1) is 31.5. The van der Waals surface area contributed by atoms with E-state index < -0.39 is 34.2 Å². The number of carbonyl (C=O) groups is 3. The molecule has 2 amide bonds. The Bertz CT molecular complexity index is 934. The molecule has 3 rings (SSSR count). The summed E-state index contributed by atoms with van der Waals surface area (Å²) in [6, 6.07) is -1.30. The fourth-order valence-corrected chi connectivity index (χ4v) is 11.0. The molecule has 3 aliphatic rings. The van der Waals surface area contributed by atoms with Gasteiger partial charge in [-0.1, -0.05) is 56.6 Å². The number of esters is 1. The van der Waals surface area contributed by atoms with E-state index in [1.54, 1.807) is 29.7 Å². The SMILES string of the molecule is C=CCN(C(=O)C1N([C@@H](CO)CC(C)C)C(=O)[C@@H]2[C@H](C(=O)OCC)[C@H]3SC12CC3Br)C(C)(C)CC(C)(C)C. The van der Waals surface area contributed by atoms with Gasteiger partial charge in [0.15, 0.2) is 0 Å². The number of rotatable bonds is 11. The lowest BCUT2D eigenvalue weighted by molar-refractivity contribution is -0.154. The van der Waals surface area contributed by atoms with Crippen LogP contribution in [0.5, 0.6) is 0 Å². The minimum absolute atomic E-state index is 0.0191. The molecule has 38 heavy (non-hydrogen) atoms. The zero-order chi connectivity index (χ0) is 28.8. The lowest BCUT2D eigenvalue weighted by atomic mass is 9.70. The Morgan fingerprint density at radius 2 is 1.95 bits per heavy atom. The summed E-state index contributed by atoms with van der Waals surface area (Å²) in [5.74, 6) is -1.78. The van der Waals surface area contributed by atoms with Gasteiger partial charge in [0.05, 0.1) is 35.8 Å². The van der Waals surface area contributed by atoms with Crippen molar-refractivity contribution in [1.82, 2.24) is 9.80 Å². The third kappa shape index (κ3) is 5.58. The van der Waals surface area contributed by atoms with E-state index in [0.29, 0.717) is 19.4 Å². The van der Waals surface area contributed by atoms with Gasteiger partial charge in [-0.05, 0) is 51.4 Å². The van der Waals surface area contributed by atoms with Gasteiger partial charge in [0.2, 0.25) is 11.8 Å². The van der Waals surface area contributed by atoms with Crippen LogP contribution in [0.25, 0.3) is 0 Å². The Morgan fingerprint density at radius 1 is 1.32 bits per heavy atom. The predicted octanol–water partition coefficient (Wildman–Crippen LogP) is 4.65. The minimum atomic E-state index is -0.787. The van der Waals surface area contributed by atoms with Gasteiger partial charge >= 0.3 is 5.97 Å². The quantitative estimate of drug-likeness (QED) is 0.207. The number of alkyl halides is 1. The molecule has 3 saturated heterocycles. The number of thioether (sulfide) groups is 1. The molecular formula is C29H47BrN2O5S. The summed E-state index contributed by atoms with van der Waals surface area (Å²) in [7, 11) is 0. The molecule has 9 heteroatoms. The molecule has 3 aliphatic heterocycles. The maximum Gasteiger partial charge on any atom is 0.310 e. The molecule has 7 nitrogen and oxygen atoms in total. The van der Waals surface area contributed by atoms with E-state index in [1.807, 2.05) is 18.7 Å². The number of aliphatic hydroxyl groups is 1. The fraction of sp³-hybridized carbons (Fsp3) is 0.828. The molecule has 3 heterocycles. The summed E-state index contributed by atoms with van der Waals surface area (Å²) < 4.78 is 4.68. The Hall–Kier alpha value is -1.06. The highest BCUT2D eigenvalue weighted by atomic mass is 79.9. The van der Waals surface area contributed by atoms with Crippen LogP contribution in [0, 0.1) is 23.2 Å². The molecule has 0 aliphatic carbocycles. The molecule has 3 fully saturated rings. The van der Waals surface area contributed by atoms with E-state index in [-0.39, 0.29) is 52.4 Å². The van der Waals surface area contributed by atoms with Crippen LogP contribution in [0.3, 0.4) is 0 Å². The van der Waals surface area contributed by atoms with Gasteiger partial charge in [-0.25, -0.2) is 0 Å². The van der Waals surface area contributed by atoms with E-state index in [2.05, 4.69) is 57.1 Å². The smallest absolute Gasteiger partial charge is 0.310 e. The van der Waals surface area contributed by atoms with Crippen molar-refractivity contribution in [3.63, 3.8) is 0 Å². The average molecular weight is 616 g/mol. The fourth-order valence-electron chi connectivity index (χ4n) is 7.37. The zero-order valence-electron chi connectivity index (χ0n) is 24.3. The highest BCUT2D eigenvalue weighted by molar-refractivity contribution is 9.09. The third-order valence-electron chi connectivity index (χ3n) is 8.14. The molecule has 1 N–H and O–H groups in total. The summed E-state index contributed by atoms with van der Waals surface area (Å²) in [5.41, 5.74) is -0.535. The summed E-state index contributed by atoms with van der Waals surface area (Å²) in [6.07, 6.45) is 3.67. The van der Waals surface area contributed by atoms with Crippen molar-refractivity contribution in [3.05, 3.63) is 12.7 Å². The minimum Gasteiger partial charge on any atom is -0.466 e. The summed E-state index contributed by atoms with van der Waals surface area (Å²) in [4.78, 5) is 45.9. The summed E-state index contributed by atoms with van der Waals surface area (Å²) >= 11 is 5.40. The van der Waals surface area contributed by atoms with Gasteiger partial charge in [-0.3, -0.25) is 14.4 Å². The maximum atomic E-state index is 14.8. The maximum absolute atomic E-state index is 14.8. The first-order valence-corrected chi connectivity index (χ1v) is 15.7. The third-order valence-corrected chi connectivity index (χ3v) is 11.4. The number of halogens is 1. The van der Waals surface area contributed by atoms with E-state index in [4.69, 9.17) is 4.74 Å². The number of amides is 2. The Morgan fingerprint density at radius 3 is 2.45 bits per heavy atom. The lowest BCUT2D eigenvalue weighted by Crippen LogP contribution is -2.62. The second kappa shape index (κ2) is 11.4. The molecule has 2 bridgehead atoms. The van der Waals surface area contributed by atoms with Gasteiger partial charge in [0.1, 0.15) is 6.04 Å². The number of ether oxygens (including phenoxy) is 1. The summed E-state index contributed by atoms with van der Waals surface area (Å²) in [5, 5.41) is 10.4. The van der Waals surface area contributed by atoms with E-state index in [0.717, 1.165) is 6.42 Å². The Labute approximate surface area is 241 Å². The van der Waals surface area contributed by atoms with Crippen molar-refractivity contribution in [3.8, 4) is 0 Å². The molecule has 0 aromatic heterocycles. The highest BCUT2D eigenvalue weighted by Gasteiger charge is 2.77. The van der Waals surface area contributed by atoms with Gasteiger partial charge in [0.25, 0.3) is 0 Å². The van der Waals surface area contributed by atoms with Crippen molar-refractivity contribution < 1.29 is 24.2 Å². The molecule has 0 aromatic rings. The van der Waals surface area contributed by atoms with E-state index in [9.17, 15) is 19.5 Å². The molecule has 1 spiro atoms. The molecular weight excluding hydrogens is 568 g/mol. The average Bonchev–Trinajstić information content (AvgIpc) is 3.37. The predicted molar refractivity (Wildman–Crippen MR) is 156 cm³/mol. The zero-order valence-corrected chi connectivity index (χ0v) is 26.7. The topological polar surface area (TPSA) is 87.2 Å². The van der Waals surface area contributed by atoms with Crippen molar-refractivity contribution in [2.45, 2.75) is 107 Å². The van der Waals surface area contributed by atoms with Crippen LogP contribution in [-0.4, -0.2) is 84.9 Å². The molecule has 0 saturated carbocycles. The normalized spacial score (nSPS) is 31.5. The van der Waals surface area contributed by atoms with Crippen LogP contribution >= 0.6 is 27.7 Å². The number of fused-ring (bicyclic) bond motifs is 1. The van der Waals surface area contributed by atoms with Crippen molar-refractivity contribution in [2.75, 3.05) is 19.8 Å². The number of likely N-dealkylation sites (tertiary alicyclic amines) is 1. The monoisotopic (exact) mass is 614 g/mol. The molecule has 3 unspecified atom stereocenters. The molecule has 0 aromatic carbocycles. The second-order valence-electron chi connectivity index (χ2n) is 13.4. The summed E-state index contributed by atoms with van der Waals surface area (Å²) in [6.45, 7) is 20.8. The van der Waals surface area contributed by atoms with Crippen LogP contribution in [0.4, 0.5) is 0 Å². The van der Waals surface area contributed by atoms with Crippen LogP contribution in [0.15, 0.2) is 12.7 Å². The van der Waals surface area contributed by atoms with Crippen molar-refractivity contribution in [2.24, 2.45) is 23.2 Å². The van der Waals surface area contributed by atoms with Gasteiger partial charge < -0.3 is 19.6 Å². The van der Waals surface area contributed by atoms with E-state index in [1.165, 1.54) is 0 Å². The van der Waals surface area contributed by atoms with Crippen LogP contribution in [0.1, 0.15) is 74.7 Å². The van der Waals surface area contributed by atoms with Gasteiger partial charge in [-0.2, -0.15) is 0 Å². The largest absolute Gasteiger partial charge is 0.466 e. The molecule has 7 atom stereocenters. The number of hydrogen-bond donors (Lipinski definition) is 1. The second-order valence-corrected chi connectivity index (χ2v) is 16.1. The van der Waals surface area contributed by atoms with Crippen molar-refractivity contribution in [1.29, 1.82) is 0 Å². The molecule has 0 radical (unpaired) electrons. The van der Waals surface area contributed by atoms with Gasteiger partial charge in [-0.15, -0.1) is 18.3 Å². The number of carbonyl (C=O) groups excluding carboxylic acids is 3. The standard InChI is InChI=1S/C29H47BrN2O5S/c1-10-12-31(28(8,9)16-27(5,6)7)25(35)23-29-14-19(30)22(38-29)20(26(36)37-11-2)21(29)24(34)32(23)18(15-33)13-17(3)4/h10,17-23,33H,1,11-16H2,2-9H3/t18-,19?,20+,21+,22+,23?,29?/m1/s1. The van der Waals surface area contributed by atoms with Gasteiger partial charge in [0, 0.05) is 22.2 Å². The Balaban J connectivity index is 2.17. The van der Waals surface area contributed by atoms with Crippen LogP contribution in [-0.2, 0) is 19.1 Å². The highest BCUT2D eigenvalue weighted by Crippen LogP contribution is 2.68. The van der Waals surface area contributed by atoms with E-state index >= 15 is 0 Å². The first-order chi connectivity index (χ1) is 17.6. The number of hydrogen-bond acceptors (Lipinski definition) is 6. The van der Waals surface area contributed by atoms with Crippen molar-refractivity contribution >= 4 is 45.5 Å². The molecule has 216 valence electrons. The number of aliphatic hydroxyl groups excluding tert-OH is 1. The Kier molecular flexibility index (Phi) is 9.47. The first-order valence-electron chi connectivity index (χ1n) is 13.9. The number of nitrogens with zero attached hydrogens (tertiary/aromatic N) is 2.